The van der Waals surface area contributed by atoms with Crippen LogP contribution in [0.3, 0.4) is 0 Å². The largest absolute Gasteiger partial charge is 0.394 e. The third-order valence-electron chi connectivity index (χ3n) is 6.06. The Morgan fingerprint density at radius 2 is 1.15 bits per heavy atom. The summed E-state index contributed by atoms with van der Waals surface area (Å²) >= 11 is 0. The van der Waals surface area contributed by atoms with Crippen molar-refractivity contribution in [3.05, 3.63) is 108 Å². The van der Waals surface area contributed by atoms with E-state index in [-0.39, 0.29) is 18.8 Å². The van der Waals surface area contributed by atoms with Crippen molar-refractivity contribution in [1.29, 1.82) is 0 Å². The topological polar surface area (TPSA) is 80.2 Å². The van der Waals surface area contributed by atoms with Gasteiger partial charge in [0, 0.05) is 0 Å². The molecule has 0 bridgehead atoms. The summed E-state index contributed by atoms with van der Waals surface area (Å²) in [5.74, 6) is 0. The second kappa shape index (κ2) is 12.8. The second-order valence-corrected chi connectivity index (χ2v) is 8.57. The lowest BCUT2D eigenvalue weighted by atomic mass is 10.0. The summed E-state index contributed by atoms with van der Waals surface area (Å²) in [4.78, 5) is 0. The summed E-state index contributed by atoms with van der Waals surface area (Å²) in [5.41, 5.74) is 3.18. The van der Waals surface area contributed by atoms with Crippen LogP contribution < -0.4 is 5.32 Å². The van der Waals surface area contributed by atoms with Gasteiger partial charge in [-0.15, -0.1) is 0 Å². The van der Waals surface area contributed by atoms with Crippen molar-refractivity contribution in [3.63, 3.8) is 0 Å². The van der Waals surface area contributed by atoms with E-state index in [4.69, 9.17) is 14.2 Å². The van der Waals surface area contributed by atoms with Gasteiger partial charge in [-0.25, -0.2) is 0 Å². The normalized spacial score (nSPS) is 23.1. The Morgan fingerprint density at radius 3 is 1.65 bits per heavy atom. The lowest BCUT2D eigenvalue weighted by Gasteiger charge is -2.27. The number of ether oxygens (including phenoxy) is 3. The van der Waals surface area contributed by atoms with E-state index >= 15 is 0 Å². The molecule has 6 nitrogen and oxygen atoms in total. The van der Waals surface area contributed by atoms with Crippen molar-refractivity contribution in [1.82, 2.24) is 5.32 Å². The SMILES string of the molecule is OC[C@H](O)[C@H]1N[C@H](COCc2ccccc2)[C@@H](OCc2ccccc2)[C@H]1OCc1ccccc1. The summed E-state index contributed by atoms with van der Waals surface area (Å²) in [6.45, 7) is 1.29. The lowest BCUT2D eigenvalue weighted by Crippen LogP contribution is -2.46. The van der Waals surface area contributed by atoms with E-state index < -0.39 is 18.2 Å². The van der Waals surface area contributed by atoms with Crippen LogP contribution >= 0.6 is 0 Å². The molecule has 0 radical (unpaired) electrons. The van der Waals surface area contributed by atoms with E-state index in [0.717, 1.165) is 16.7 Å². The van der Waals surface area contributed by atoms with E-state index in [2.05, 4.69) is 5.32 Å². The molecule has 1 heterocycles. The van der Waals surface area contributed by atoms with Crippen LogP contribution in [0.1, 0.15) is 16.7 Å². The van der Waals surface area contributed by atoms with Gasteiger partial charge < -0.3 is 29.7 Å². The van der Waals surface area contributed by atoms with Gasteiger partial charge in [0.2, 0.25) is 0 Å². The average Bonchev–Trinajstić information content (AvgIpc) is 3.24. The van der Waals surface area contributed by atoms with Gasteiger partial charge >= 0.3 is 0 Å². The van der Waals surface area contributed by atoms with E-state index in [1.807, 2.05) is 91.0 Å². The van der Waals surface area contributed by atoms with Crippen LogP contribution in [0.4, 0.5) is 0 Å². The van der Waals surface area contributed by atoms with Gasteiger partial charge in [0.05, 0.1) is 51.2 Å². The molecule has 180 valence electrons. The van der Waals surface area contributed by atoms with Gasteiger partial charge in [-0.3, -0.25) is 0 Å². The molecule has 0 aromatic heterocycles. The zero-order chi connectivity index (χ0) is 23.6. The molecule has 3 aromatic rings. The van der Waals surface area contributed by atoms with Gasteiger partial charge in [0.25, 0.3) is 0 Å². The minimum absolute atomic E-state index is 0.209. The second-order valence-electron chi connectivity index (χ2n) is 8.57. The monoisotopic (exact) mass is 463 g/mol. The molecule has 6 heteroatoms. The van der Waals surface area contributed by atoms with Gasteiger partial charge in [0.1, 0.15) is 12.2 Å². The number of aliphatic hydroxyl groups is 2. The number of benzene rings is 3. The van der Waals surface area contributed by atoms with Crippen LogP contribution in [0.2, 0.25) is 0 Å². The zero-order valence-electron chi connectivity index (χ0n) is 19.2. The average molecular weight is 464 g/mol. The molecule has 0 saturated carbocycles. The number of rotatable bonds is 12. The van der Waals surface area contributed by atoms with Crippen molar-refractivity contribution < 1.29 is 24.4 Å². The van der Waals surface area contributed by atoms with Crippen molar-refractivity contribution in [2.45, 2.75) is 50.2 Å². The third kappa shape index (κ3) is 6.73. The molecule has 1 aliphatic rings. The van der Waals surface area contributed by atoms with Crippen molar-refractivity contribution in [2.24, 2.45) is 0 Å². The first-order valence-corrected chi connectivity index (χ1v) is 11.7. The van der Waals surface area contributed by atoms with Crippen LogP contribution in [0, 0.1) is 0 Å². The molecule has 0 spiro atoms. The molecule has 5 atom stereocenters. The molecule has 0 unspecified atom stereocenters. The third-order valence-corrected chi connectivity index (χ3v) is 6.06. The standard InChI is InChI=1S/C28H33NO5/c30-16-25(31)26-28(34-19-23-14-8-3-9-15-23)27(33-18-22-12-6-2-7-13-22)24(29-26)20-32-17-21-10-4-1-5-11-21/h1-15,24-31H,16-20H2/t24-,25+,26-,27-,28+/m1/s1. The lowest BCUT2D eigenvalue weighted by molar-refractivity contribution is -0.0976. The Hall–Kier alpha value is -2.58. The first-order chi connectivity index (χ1) is 16.7. The highest BCUT2D eigenvalue weighted by Gasteiger charge is 2.47. The first kappa shape index (κ1) is 24.5. The molecule has 1 aliphatic heterocycles. The summed E-state index contributed by atoms with van der Waals surface area (Å²) in [6.07, 6.45) is -1.81. The predicted octanol–water partition coefficient (Wildman–Crippen LogP) is 3.07. The fourth-order valence-corrected chi connectivity index (χ4v) is 4.28. The predicted molar refractivity (Wildman–Crippen MR) is 130 cm³/mol. The summed E-state index contributed by atoms with van der Waals surface area (Å²) in [5, 5.41) is 23.7. The Bertz CT molecular complexity index is 956. The number of hydrogen-bond donors (Lipinski definition) is 3. The van der Waals surface area contributed by atoms with Crippen LogP contribution in [-0.4, -0.2) is 53.8 Å². The van der Waals surface area contributed by atoms with Gasteiger partial charge in [0.15, 0.2) is 0 Å². The summed E-state index contributed by atoms with van der Waals surface area (Å²) < 4.78 is 18.7. The molecule has 1 saturated heterocycles. The Labute approximate surface area is 201 Å². The highest BCUT2D eigenvalue weighted by molar-refractivity contribution is 5.16. The maximum Gasteiger partial charge on any atom is 0.104 e. The molecule has 3 N–H and O–H groups in total. The number of aliphatic hydroxyl groups excluding tert-OH is 2. The van der Waals surface area contributed by atoms with Gasteiger partial charge in [-0.2, -0.15) is 0 Å². The molecule has 0 amide bonds. The van der Waals surface area contributed by atoms with E-state index in [0.29, 0.717) is 26.4 Å². The minimum atomic E-state index is -0.984. The Morgan fingerprint density at radius 1 is 0.676 bits per heavy atom. The zero-order valence-corrected chi connectivity index (χ0v) is 19.2. The molecule has 34 heavy (non-hydrogen) atoms. The smallest absolute Gasteiger partial charge is 0.104 e. The highest BCUT2D eigenvalue weighted by atomic mass is 16.5. The quantitative estimate of drug-likeness (QED) is 0.383. The van der Waals surface area contributed by atoms with Crippen molar-refractivity contribution >= 4 is 0 Å². The maximum absolute atomic E-state index is 10.6. The van der Waals surface area contributed by atoms with Crippen LogP contribution in [0.5, 0.6) is 0 Å². The Balaban J connectivity index is 1.48. The molecule has 1 fully saturated rings. The van der Waals surface area contributed by atoms with Crippen molar-refractivity contribution in [2.75, 3.05) is 13.2 Å². The van der Waals surface area contributed by atoms with Crippen LogP contribution in [-0.2, 0) is 34.0 Å². The molecular formula is C28H33NO5. The fourth-order valence-electron chi connectivity index (χ4n) is 4.28. The number of nitrogens with one attached hydrogen (secondary N) is 1. The van der Waals surface area contributed by atoms with Gasteiger partial charge in [-0.05, 0) is 16.7 Å². The fraction of sp³-hybridized carbons (Fsp3) is 0.357. The summed E-state index contributed by atoms with van der Waals surface area (Å²) in [6, 6.07) is 29.2. The van der Waals surface area contributed by atoms with E-state index in [1.165, 1.54) is 0 Å². The first-order valence-electron chi connectivity index (χ1n) is 11.7. The molecule has 3 aromatic carbocycles. The minimum Gasteiger partial charge on any atom is -0.394 e. The maximum atomic E-state index is 10.6. The molecule has 4 rings (SSSR count). The molecular weight excluding hydrogens is 430 g/mol. The van der Waals surface area contributed by atoms with E-state index in [1.54, 1.807) is 0 Å². The number of hydrogen-bond acceptors (Lipinski definition) is 6. The van der Waals surface area contributed by atoms with E-state index in [9.17, 15) is 10.2 Å². The highest BCUT2D eigenvalue weighted by Crippen LogP contribution is 2.26. The van der Waals surface area contributed by atoms with Crippen LogP contribution in [0.25, 0.3) is 0 Å². The van der Waals surface area contributed by atoms with Gasteiger partial charge in [-0.1, -0.05) is 91.0 Å². The molecule has 0 aliphatic carbocycles. The summed E-state index contributed by atoms with van der Waals surface area (Å²) in [7, 11) is 0. The van der Waals surface area contributed by atoms with Crippen molar-refractivity contribution in [3.8, 4) is 0 Å². The Kier molecular flexibility index (Phi) is 9.21. The van der Waals surface area contributed by atoms with Crippen LogP contribution in [0.15, 0.2) is 91.0 Å².